The Morgan fingerprint density at radius 2 is 2.15 bits per heavy atom. The molecule has 0 radical (unpaired) electrons. The maximum absolute atomic E-state index is 12.6. The minimum atomic E-state index is -0.576. The molecule has 1 aromatic rings. The van der Waals surface area contributed by atoms with E-state index < -0.39 is 5.92 Å². The lowest BCUT2D eigenvalue weighted by molar-refractivity contribution is -0.116. The van der Waals surface area contributed by atoms with Gasteiger partial charge in [-0.3, -0.25) is 4.79 Å². The number of Topliss-reactive ketones (excluding diaryl/α,β-unsaturated/α-hetero) is 1. The maximum Gasteiger partial charge on any atom is 0.205 e. The third-order valence-electron chi connectivity index (χ3n) is 4.52. The minimum absolute atomic E-state index is 0.0212. The fraction of sp³-hybridized carbons (Fsp3) is 0.333. The van der Waals surface area contributed by atoms with E-state index in [2.05, 4.69) is 12.0 Å². The predicted octanol–water partition coefficient (Wildman–Crippen LogP) is 2.91. The molecule has 6 heteroatoms. The summed E-state index contributed by atoms with van der Waals surface area (Å²) in [7, 11) is 0. The molecule has 0 amide bonds. The Labute approximate surface area is 158 Å². The molecule has 138 valence electrons. The normalized spacial score (nSPS) is 18.9. The number of allylic oxidation sites excluding steroid dienone is 3. The minimum Gasteiger partial charge on any atom is -0.490 e. The number of rotatable bonds is 5. The van der Waals surface area contributed by atoms with E-state index >= 15 is 0 Å². The monoisotopic (exact) mass is 364 g/mol. The molecule has 3 rings (SSSR count). The van der Waals surface area contributed by atoms with Gasteiger partial charge in [0.2, 0.25) is 5.88 Å². The van der Waals surface area contributed by atoms with Crippen molar-refractivity contribution in [1.82, 2.24) is 0 Å². The van der Waals surface area contributed by atoms with Crippen LogP contribution in [-0.2, 0) is 9.53 Å². The number of carbonyl (C=O) groups is 1. The first-order valence-corrected chi connectivity index (χ1v) is 8.77. The molecular weight excluding hydrogens is 344 g/mol. The van der Waals surface area contributed by atoms with E-state index in [1.54, 1.807) is 18.2 Å². The zero-order valence-electron chi connectivity index (χ0n) is 15.1. The number of carbonyl (C=O) groups excluding carboxylic acids is 1. The standard InChI is InChI=1S/C21H20N2O4/c1-3-10-26-16-9-8-13(11-18(16)25-4-2)19-14(12-22)21(23)27-17-7-5-6-15(24)20(17)19/h1,8-9,11,19H,4-7,10,23H2,2H3. The highest BCUT2D eigenvalue weighted by Gasteiger charge is 2.38. The average Bonchev–Trinajstić information content (AvgIpc) is 2.66. The van der Waals surface area contributed by atoms with E-state index in [-0.39, 0.29) is 23.8 Å². The molecule has 1 aliphatic carbocycles. The molecule has 2 aliphatic rings. The van der Waals surface area contributed by atoms with Gasteiger partial charge in [0.1, 0.15) is 24.0 Å². The van der Waals surface area contributed by atoms with Gasteiger partial charge < -0.3 is 19.9 Å². The van der Waals surface area contributed by atoms with Crippen LogP contribution in [0.5, 0.6) is 11.5 Å². The molecule has 1 heterocycles. The van der Waals surface area contributed by atoms with Gasteiger partial charge in [0.15, 0.2) is 17.3 Å². The molecule has 1 unspecified atom stereocenters. The second-order valence-corrected chi connectivity index (χ2v) is 6.17. The molecule has 0 spiro atoms. The molecule has 2 N–H and O–H groups in total. The van der Waals surface area contributed by atoms with E-state index in [4.69, 9.17) is 26.4 Å². The molecule has 0 aromatic heterocycles. The molecule has 0 saturated heterocycles. The van der Waals surface area contributed by atoms with Crippen LogP contribution in [-0.4, -0.2) is 19.0 Å². The lowest BCUT2D eigenvalue weighted by atomic mass is 9.77. The summed E-state index contributed by atoms with van der Waals surface area (Å²) < 4.78 is 16.8. The molecule has 0 saturated carbocycles. The Kier molecular flexibility index (Phi) is 5.38. The first-order valence-electron chi connectivity index (χ1n) is 8.77. The maximum atomic E-state index is 12.6. The van der Waals surface area contributed by atoms with Crippen LogP contribution in [0.25, 0.3) is 0 Å². The van der Waals surface area contributed by atoms with Gasteiger partial charge in [0, 0.05) is 18.4 Å². The molecule has 1 atom stereocenters. The van der Waals surface area contributed by atoms with Gasteiger partial charge in [-0.2, -0.15) is 5.26 Å². The Hall–Kier alpha value is -3.38. The van der Waals surface area contributed by atoms with Gasteiger partial charge in [0.25, 0.3) is 0 Å². The van der Waals surface area contributed by atoms with Crippen molar-refractivity contribution in [3.8, 4) is 29.9 Å². The van der Waals surface area contributed by atoms with Crippen LogP contribution in [0.3, 0.4) is 0 Å². The van der Waals surface area contributed by atoms with Crippen molar-refractivity contribution in [1.29, 1.82) is 5.26 Å². The summed E-state index contributed by atoms with van der Waals surface area (Å²) >= 11 is 0. The van der Waals surface area contributed by atoms with Crippen molar-refractivity contribution >= 4 is 5.78 Å². The van der Waals surface area contributed by atoms with Crippen LogP contribution in [0.2, 0.25) is 0 Å². The Balaban J connectivity index is 2.11. The van der Waals surface area contributed by atoms with Crippen molar-refractivity contribution in [3.63, 3.8) is 0 Å². The molecule has 1 aliphatic heterocycles. The number of terminal acetylenes is 1. The van der Waals surface area contributed by atoms with Crippen LogP contribution in [0, 0.1) is 23.7 Å². The van der Waals surface area contributed by atoms with Gasteiger partial charge >= 0.3 is 0 Å². The summed E-state index contributed by atoms with van der Waals surface area (Å²) in [6.45, 7) is 2.40. The van der Waals surface area contributed by atoms with E-state index in [0.717, 1.165) is 5.56 Å². The van der Waals surface area contributed by atoms with Crippen molar-refractivity contribution < 1.29 is 19.0 Å². The van der Waals surface area contributed by atoms with Crippen LogP contribution in [0.15, 0.2) is 41.0 Å². The highest BCUT2D eigenvalue weighted by Crippen LogP contribution is 2.45. The molecule has 1 aromatic carbocycles. The van der Waals surface area contributed by atoms with Gasteiger partial charge in [0.05, 0.1) is 12.5 Å². The quantitative estimate of drug-likeness (QED) is 0.807. The summed E-state index contributed by atoms with van der Waals surface area (Å²) in [6.07, 6.45) is 7.02. The van der Waals surface area contributed by atoms with Crippen molar-refractivity contribution in [3.05, 3.63) is 46.6 Å². The fourth-order valence-corrected chi connectivity index (χ4v) is 3.40. The molecule has 0 fully saturated rings. The number of nitriles is 1. The fourth-order valence-electron chi connectivity index (χ4n) is 3.40. The molecule has 6 nitrogen and oxygen atoms in total. The largest absolute Gasteiger partial charge is 0.490 e. The number of hydrogen-bond donors (Lipinski definition) is 1. The third kappa shape index (κ3) is 3.47. The summed E-state index contributed by atoms with van der Waals surface area (Å²) in [5.41, 5.74) is 7.42. The summed E-state index contributed by atoms with van der Waals surface area (Å²) in [5, 5.41) is 9.63. The first kappa shape index (κ1) is 18.4. The van der Waals surface area contributed by atoms with E-state index in [9.17, 15) is 10.1 Å². The Morgan fingerprint density at radius 3 is 2.85 bits per heavy atom. The van der Waals surface area contributed by atoms with Crippen LogP contribution >= 0.6 is 0 Å². The first-order chi connectivity index (χ1) is 13.1. The highest BCUT2D eigenvalue weighted by atomic mass is 16.5. The smallest absolute Gasteiger partial charge is 0.205 e. The predicted molar refractivity (Wildman–Crippen MR) is 98.5 cm³/mol. The lowest BCUT2D eigenvalue weighted by Gasteiger charge is -2.31. The van der Waals surface area contributed by atoms with Gasteiger partial charge in [-0.25, -0.2) is 0 Å². The topological polar surface area (TPSA) is 94.6 Å². The number of hydrogen-bond acceptors (Lipinski definition) is 6. The number of nitrogens with two attached hydrogens (primary N) is 1. The molecule has 0 bridgehead atoms. The Bertz CT molecular complexity index is 915. The third-order valence-corrected chi connectivity index (χ3v) is 4.52. The highest BCUT2D eigenvalue weighted by molar-refractivity contribution is 5.99. The lowest BCUT2D eigenvalue weighted by Crippen LogP contribution is -2.27. The number of benzene rings is 1. The zero-order chi connectivity index (χ0) is 19.4. The number of ketones is 1. The average molecular weight is 364 g/mol. The second-order valence-electron chi connectivity index (χ2n) is 6.17. The van der Waals surface area contributed by atoms with Gasteiger partial charge in [-0.15, -0.1) is 6.42 Å². The van der Waals surface area contributed by atoms with Crippen LogP contribution in [0.1, 0.15) is 37.7 Å². The SMILES string of the molecule is C#CCOc1ccc(C2C(C#N)=C(N)OC3=C2C(=O)CCC3)cc1OCC. The number of ether oxygens (including phenoxy) is 3. The number of nitrogens with zero attached hydrogens (tertiary/aromatic N) is 1. The zero-order valence-corrected chi connectivity index (χ0v) is 15.1. The second kappa shape index (κ2) is 7.88. The van der Waals surface area contributed by atoms with E-state index in [0.29, 0.717) is 48.7 Å². The van der Waals surface area contributed by atoms with Crippen molar-refractivity contribution in [2.24, 2.45) is 5.73 Å². The summed E-state index contributed by atoms with van der Waals surface area (Å²) in [5.74, 6) is 3.42. The van der Waals surface area contributed by atoms with Crippen LogP contribution < -0.4 is 15.2 Å². The molecule has 27 heavy (non-hydrogen) atoms. The van der Waals surface area contributed by atoms with E-state index in [1.165, 1.54) is 0 Å². The van der Waals surface area contributed by atoms with Crippen molar-refractivity contribution in [2.45, 2.75) is 32.1 Å². The summed E-state index contributed by atoms with van der Waals surface area (Å²) in [4.78, 5) is 12.6. The summed E-state index contributed by atoms with van der Waals surface area (Å²) in [6, 6.07) is 7.39. The van der Waals surface area contributed by atoms with Gasteiger partial charge in [-0.05, 0) is 31.0 Å². The Morgan fingerprint density at radius 1 is 1.33 bits per heavy atom. The van der Waals surface area contributed by atoms with Crippen molar-refractivity contribution in [2.75, 3.05) is 13.2 Å². The molecular formula is C21H20N2O4. The van der Waals surface area contributed by atoms with E-state index in [1.807, 2.05) is 6.92 Å². The van der Waals surface area contributed by atoms with Gasteiger partial charge in [-0.1, -0.05) is 12.0 Å². The van der Waals surface area contributed by atoms with Crippen LogP contribution in [0.4, 0.5) is 0 Å².